The van der Waals surface area contributed by atoms with Gasteiger partial charge in [-0.1, -0.05) is 11.6 Å². The van der Waals surface area contributed by atoms with Crippen LogP contribution in [0.4, 0.5) is 11.5 Å². The van der Waals surface area contributed by atoms with Crippen molar-refractivity contribution in [3.63, 3.8) is 0 Å². The minimum atomic E-state index is -0.415. The molecule has 7 heteroatoms. The molecule has 1 saturated heterocycles. The molecule has 0 spiro atoms. The Hall–Kier alpha value is -1.40. The van der Waals surface area contributed by atoms with Crippen molar-refractivity contribution in [1.82, 2.24) is 10.3 Å². The Kier molecular flexibility index (Phi) is 5.14. The van der Waals surface area contributed by atoms with Crippen LogP contribution in [-0.4, -0.2) is 36.6 Å². The molecule has 0 saturated carbocycles. The van der Waals surface area contributed by atoms with Gasteiger partial charge in [0.1, 0.15) is 0 Å². The highest BCUT2D eigenvalue weighted by Crippen LogP contribution is 2.31. The lowest BCUT2D eigenvalue weighted by molar-refractivity contribution is -0.384. The van der Waals surface area contributed by atoms with E-state index in [1.54, 1.807) is 0 Å². The number of aromatic nitrogens is 1. The van der Waals surface area contributed by atoms with Gasteiger partial charge in [0.15, 0.2) is 0 Å². The number of nitro groups is 1. The third-order valence-electron chi connectivity index (χ3n) is 3.73. The molecule has 1 aliphatic heterocycles. The maximum Gasteiger partial charge on any atom is 0.313 e. The van der Waals surface area contributed by atoms with Crippen LogP contribution in [-0.2, 0) is 0 Å². The largest absolute Gasteiger partial charge is 0.351 e. The van der Waals surface area contributed by atoms with E-state index in [4.69, 9.17) is 11.6 Å². The van der Waals surface area contributed by atoms with Crippen molar-refractivity contribution in [2.45, 2.75) is 19.3 Å². The number of hydrogen-bond acceptors (Lipinski definition) is 5. The molecule has 2 rings (SSSR count). The molecule has 0 atom stereocenters. The highest BCUT2D eigenvalue weighted by atomic mass is 35.5. The minimum Gasteiger partial charge on any atom is -0.351 e. The topological polar surface area (TPSA) is 71.3 Å². The van der Waals surface area contributed by atoms with Gasteiger partial charge in [-0.05, 0) is 38.8 Å². The monoisotopic (exact) mass is 298 g/mol. The summed E-state index contributed by atoms with van der Waals surface area (Å²) in [6.45, 7) is 2.64. The summed E-state index contributed by atoms with van der Waals surface area (Å²) in [6.07, 6.45) is 4.71. The Balaban J connectivity index is 2.05. The number of nitrogens with zero attached hydrogens (tertiary/aromatic N) is 3. The van der Waals surface area contributed by atoms with E-state index < -0.39 is 4.92 Å². The van der Waals surface area contributed by atoms with Crippen LogP contribution in [0.1, 0.15) is 19.3 Å². The number of rotatable bonds is 5. The fourth-order valence-corrected chi connectivity index (χ4v) is 2.73. The van der Waals surface area contributed by atoms with Gasteiger partial charge < -0.3 is 10.2 Å². The molecule has 0 aromatic carbocycles. The summed E-state index contributed by atoms with van der Waals surface area (Å²) >= 11 is 5.79. The minimum absolute atomic E-state index is 0.00817. The van der Waals surface area contributed by atoms with Gasteiger partial charge in [0.2, 0.25) is 5.82 Å². The van der Waals surface area contributed by atoms with E-state index in [2.05, 4.69) is 10.3 Å². The number of nitrogens with one attached hydrogen (secondary N) is 1. The average Bonchev–Trinajstić information content (AvgIpc) is 2.45. The first-order valence-electron chi connectivity index (χ1n) is 6.81. The number of anilines is 1. The van der Waals surface area contributed by atoms with Gasteiger partial charge in [-0.2, -0.15) is 0 Å². The summed E-state index contributed by atoms with van der Waals surface area (Å²) in [5.41, 5.74) is -0.00817. The molecule has 20 heavy (non-hydrogen) atoms. The molecule has 0 unspecified atom stereocenters. The van der Waals surface area contributed by atoms with E-state index >= 15 is 0 Å². The lowest BCUT2D eigenvalue weighted by atomic mass is 9.93. The van der Waals surface area contributed by atoms with Crippen LogP contribution < -0.4 is 10.2 Å². The molecule has 1 aromatic heterocycles. The fourth-order valence-electron chi connectivity index (χ4n) is 2.58. The summed E-state index contributed by atoms with van der Waals surface area (Å²) in [5.74, 6) is 1.12. The molecule has 0 radical (unpaired) electrons. The van der Waals surface area contributed by atoms with E-state index in [9.17, 15) is 10.1 Å². The summed E-state index contributed by atoms with van der Waals surface area (Å²) in [4.78, 5) is 16.8. The SMILES string of the molecule is CNCCC1CCN(c2ncc(Cl)cc2[N+](=O)[O-])CC1. The molecular formula is C13H19ClN4O2. The van der Waals surface area contributed by atoms with Crippen LogP contribution in [0.25, 0.3) is 0 Å². The smallest absolute Gasteiger partial charge is 0.313 e. The van der Waals surface area contributed by atoms with Gasteiger partial charge in [-0.25, -0.2) is 4.98 Å². The number of pyridine rings is 1. The Bertz CT molecular complexity index is 475. The molecular weight excluding hydrogens is 280 g/mol. The molecule has 1 fully saturated rings. The van der Waals surface area contributed by atoms with E-state index in [0.29, 0.717) is 16.8 Å². The van der Waals surface area contributed by atoms with Gasteiger partial charge in [0.05, 0.1) is 9.95 Å². The van der Waals surface area contributed by atoms with Crippen molar-refractivity contribution >= 4 is 23.1 Å². The molecule has 0 bridgehead atoms. The lowest BCUT2D eigenvalue weighted by Gasteiger charge is -2.32. The summed E-state index contributed by atoms with van der Waals surface area (Å²) in [5, 5.41) is 14.5. The van der Waals surface area contributed by atoms with Crippen LogP contribution in [0.3, 0.4) is 0 Å². The maximum absolute atomic E-state index is 11.1. The van der Waals surface area contributed by atoms with Crippen LogP contribution in [0, 0.1) is 16.0 Å². The molecule has 110 valence electrons. The van der Waals surface area contributed by atoms with Gasteiger partial charge in [-0.3, -0.25) is 10.1 Å². The Morgan fingerprint density at radius 1 is 1.55 bits per heavy atom. The predicted octanol–water partition coefficient (Wildman–Crippen LogP) is 2.47. The first-order chi connectivity index (χ1) is 9.61. The number of halogens is 1. The third kappa shape index (κ3) is 3.58. The summed E-state index contributed by atoms with van der Waals surface area (Å²) in [6, 6.07) is 1.37. The van der Waals surface area contributed by atoms with Crippen molar-refractivity contribution in [1.29, 1.82) is 0 Å². The highest BCUT2D eigenvalue weighted by Gasteiger charge is 2.26. The molecule has 1 aliphatic rings. The van der Waals surface area contributed by atoms with E-state index in [0.717, 1.165) is 38.9 Å². The molecule has 2 heterocycles. The first kappa shape index (κ1) is 15.0. The number of hydrogen-bond donors (Lipinski definition) is 1. The van der Waals surface area contributed by atoms with Crippen molar-refractivity contribution in [3.05, 3.63) is 27.4 Å². The first-order valence-corrected chi connectivity index (χ1v) is 7.19. The molecule has 1 N–H and O–H groups in total. The van der Waals surface area contributed by atoms with E-state index in [1.807, 2.05) is 11.9 Å². The molecule has 1 aromatic rings. The van der Waals surface area contributed by atoms with Crippen LogP contribution in [0.5, 0.6) is 0 Å². The third-order valence-corrected chi connectivity index (χ3v) is 3.93. The Labute approximate surface area is 123 Å². The zero-order valence-electron chi connectivity index (χ0n) is 11.5. The van der Waals surface area contributed by atoms with Crippen molar-refractivity contribution < 1.29 is 4.92 Å². The van der Waals surface area contributed by atoms with Gasteiger partial charge in [0.25, 0.3) is 0 Å². The van der Waals surface area contributed by atoms with Crippen LogP contribution in [0.2, 0.25) is 5.02 Å². The normalized spacial score (nSPS) is 16.4. The average molecular weight is 299 g/mol. The predicted molar refractivity (Wildman–Crippen MR) is 79.4 cm³/mol. The molecule has 0 aliphatic carbocycles. The fraction of sp³-hybridized carbons (Fsp3) is 0.615. The quantitative estimate of drug-likeness (QED) is 0.668. The lowest BCUT2D eigenvalue weighted by Crippen LogP contribution is -2.35. The zero-order chi connectivity index (χ0) is 14.5. The summed E-state index contributed by atoms with van der Waals surface area (Å²) in [7, 11) is 1.95. The van der Waals surface area contributed by atoms with Crippen molar-refractivity contribution in [2.75, 3.05) is 31.6 Å². The second-order valence-electron chi connectivity index (χ2n) is 5.08. The van der Waals surface area contributed by atoms with Gasteiger partial charge in [-0.15, -0.1) is 0 Å². The van der Waals surface area contributed by atoms with Crippen LogP contribution >= 0.6 is 11.6 Å². The highest BCUT2D eigenvalue weighted by molar-refractivity contribution is 6.30. The van der Waals surface area contributed by atoms with E-state index in [-0.39, 0.29) is 5.69 Å². The van der Waals surface area contributed by atoms with Crippen LogP contribution in [0.15, 0.2) is 12.3 Å². The number of piperidine rings is 1. The van der Waals surface area contributed by atoms with E-state index in [1.165, 1.54) is 12.3 Å². The van der Waals surface area contributed by atoms with Crippen molar-refractivity contribution in [2.24, 2.45) is 5.92 Å². The second kappa shape index (κ2) is 6.85. The Morgan fingerprint density at radius 3 is 2.85 bits per heavy atom. The van der Waals surface area contributed by atoms with Crippen molar-refractivity contribution in [3.8, 4) is 0 Å². The second-order valence-corrected chi connectivity index (χ2v) is 5.51. The Morgan fingerprint density at radius 2 is 2.25 bits per heavy atom. The van der Waals surface area contributed by atoms with Gasteiger partial charge in [0, 0.05) is 25.4 Å². The molecule has 6 nitrogen and oxygen atoms in total. The zero-order valence-corrected chi connectivity index (χ0v) is 12.3. The standard InChI is InChI=1S/C13H19ClN4O2/c1-15-5-2-10-3-6-17(7-4-10)13-12(18(19)20)8-11(14)9-16-13/h8-10,15H,2-7H2,1H3. The van der Waals surface area contributed by atoms with Gasteiger partial charge >= 0.3 is 5.69 Å². The maximum atomic E-state index is 11.1. The summed E-state index contributed by atoms with van der Waals surface area (Å²) < 4.78 is 0. The molecule has 0 amide bonds.